The Morgan fingerprint density at radius 1 is 0.938 bits per heavy atom. The van der Waals surface area contributed by atoms with Crippen LogP contribution in [0.5, 0.6) is 0 Å². The van der Waals surface area contributed by atoms with Gasteiger partial charge in [-0.05, 0) is 48.0 Å². The SMILES string of the molecule is O=C(NCc1[nH]nc2ccc(Cl)cc12)c1cc(Cc2ccc3ncc(Cl)cc3c2)ncn1. The lowest BCUT2D eigenvalue weighted by atomic mass is 10.1. The number of carbonyl (C=O) groups excluding carboxylic acids is 1. The number of nitrogens with zero attached hydrogens (tertiary/aromatic N) is 4. The second-order valence-corrected chi connectivity index (χ2v) is 8.17. The molecule has 9 heteroatoms. The van der Waals surface area contributed by atoms with Crippen LogP contribution in [0.3, 0.4) is 0 Å². The first-order valence-electron chi connectivity index (χ1n) is 9.81. The Bertz CT molecular complexity index is 1470. The number of aromatic nitrogens is 5. The molecule has 32 heavy (non-hydrogen) atoms. The quantitative estimate of drug-likeness (QED) is 0.393. The third kappa shape index (κ3) is 4.26. The van der Waals surface area contributed by atoms with Crippen molar-refractivity contribution < 1.29 is 4.79 Å². The third-order valence-electron chi connectivity index (χ3n) is 5.07. The first kappa shape index (κ1) is 20.4. The maximum absolute atomic E-state index is 12.7. The molecular formula is C23H16Cl2N6O. The summed E-state index contributed by atoms with van der Waals surface area (Å²) in [5.74, 6) is -0.298. The van der Waals surface area contributed by atoms with E-state index in [0.29, 0.717) is 22.2 Å². The first-order valence-corrected chi connectivity index (χ1v) is 10.6. The molecule has 0 saturated carbocycles. The van der Waals surface area contributed by atoms with E-state index in [0.717, 1.165) is 38.8 Å². The Labute approximate surface area is 192 Å². The summed E-state index contributed by atoms with van der Waals surface area (Å²) in [6.45, 7) is 0.271. The molecule has 3 aromatic heterocycles. The molecule has 5 rings (SSSR count). The van der Waals surface area contributed by atoms with Crippen molar-refractivity contribution in [2.45, 2.75) is 13.0 Å². The van der Waals surface area contributed by atoms with Crippen LogP contribution in [0.1, 0.15) is 27.4 Å². The Balaban J connectivity index is 1.31. The zero-order valence-corrected chi connectivity index (χ0v) is 18.2. The number of H-pyrrole nitrogens is 1. The lowest BCUT2D eigenvalue weighted by Crippen LogP contribution is -2.24. The van der Waals surface area contributed by atoms with Crippen LogP contribution in [0.4, 0.5) is 0 Å². The fourth-order valence-corrected chi connectivity index (χ4v) is 3.86. The van der Waals surface area contributed by atoms with Crippen LogP contribution in [0, 0.1) is 0 Å². The predicted molar refractivity (Wildman–Crippen MR) is 124 cm³/mol. The zero-order chi connectivity index (χ0) is 22.1. The molecule has 0 aliphatic rings. The molecule has 0 saturated heterocycles. The smallest absolute Gasteiger partial charge is 0.270 e. The fraction of sp³-hybridized carbons (Fsp3) is 0.0870. The van der Waals surface area contributed by atoms with E-state index in [-0.39, 0.29) is 12.5 Å². The van der Waals surface area contributed by atoms with Crippen molar-refractivity contribution >= 4 is 50.9 Å². The van der Waals surface area contributed by atoms with E-state index in [1.807, 2.05) is 36.4 Å². The molecule has 158 valence electrons. The first-order chi connectivity index (χ1) is 15.5. The summed E-state index contributed by atoms with van der Waals surface area (Å²) < 4.78 is 0. The Kier molecular flexibility index (Phi) is 5.43. The predicted octanol–water partition coefficient (Wildman–Crippen LogP) is 4.73. The van der Waals surface area contributed by atoms with Gasteiger partial charge in [-0.3, -0.25) is 14.9 Å². The summed E-state index contributed by atoms with van der Waals surface area (Å²) in [6.07, 6.45) is 3.57. The average molecular weight is 463 g/mol. The van der Waals surface area contributed by atoms with Crippen molar-refractivity contribution in [3.63, 3.8) is 0 Å². The monoisotopic (exact) mass is 462 g/mol. The van der Waals surface area contributed by atoms with Crippen LogP contribution >= 0.6 is 23.2 Å². The van der Waals surface area contributed by atoms with Gasteiger partial charge >= 0.3 is 0 Å². The van der Waals surface area contributed by atoms with Crippen molar-refractivity contribution in [1.29, 1.82) is 0 Å². The number of aromatic amines is 1. The molecule has 0 bridgehead atoms. The molecule has 0 aliphatic carbocycles. The van der Waals surface area contributed by atoms with Crippen LogP contribution in [-0.2, 0) is 13.0 Å². The highest BCUT2D eigenvalue weighted by Crippen LogP contribution is 2.21. The lowest BCUT2D eigenvalue weighted by molar-refractivity contribution is 0.0945. The molecular weight excluding hydrogens is 447 g/mol. The lowest BCUT2D eigenvalue weighted by Gasteiger charge is -2.07. The minimum atomic E-state index is -0.298. The van der Waals surface area contributed by atoms with Crippen molar-refractivity contribution in [2.75, 3.05) is 0 Å². The molecule has 3 heterocycles. The summed E-state index contributed by atoms with van der Waals surface area (Å²) in [6, 6.07) is 14.9. The van der Waals surface area contributed by atoms with E-state index in [9.17, 15) is 4.79 Å². The number of hydrogen-bond donors (Lipinski definition) is 2. The Morgan fingerprint density at radius 2 is 1.81 bits per heavy atom. The highest BCUT2D eigenvalue weighted by atomic mass is 35.5. The highest BCUT2D eigenvalue weighted by Gasteiger charge is 2.12. The molecule has 0 spiro atoms. The van der Waals surface area contributed by atoms with Crippen LogP contribution < -0.4 is 5.32 Å². The number of amides is 1. The molecule has 0 aliphatic heterocycles. The Morgan fingerprint density at radius 3 is 2.72 bits per heavy atom. The van der Waals surface area contributed by atoms with Gasteiger partial charge in [0.2, 0.25) is 0 Å². The summed E-state index contributed by atoms with van der Waals surface area (Å²) in [5, 5.41) is 13.0. The number of halogens is 2. The van der Waals surface area contributed by atoms with E-state index in [2.05, 4.69) is 30.5 Å². The van der Waals surface area contributed by atoms with Crippen LogP contribution in [0.2, 0.25) is 10.0 Å². The van der Waals surface area contributed by atoms with E-state index in [1.165, 1.54) is 6.33 Å². The summed E-state index contributed by atoms with van der Waals surface area (Å²) in [4.78, 5) is 25.4. The average Bonchev–Trinajstić information content (AvgIpc) is 3.19. The molecule has 2 aromatic carbocycles. The van der Waals surface area contributed by atoms with Crippen molar-refractivity contribution in [2.24, 2.45) is 0 Å². The van der Waals surface area contributed by atoms with Gasteiger partial charge in [-0.1, -0.05) is 29.3 Å². The summed E-state index contributed by atoms with van der Waals surface area (Å²) in [7, 11) is 0. The van der Waals surface area contributed by atoms with Crippen molar-refractivity contribution in [1.82, 2.24) is 30.5 Å². The van der Waals surface area contributed by atoms with Crippen LogP contribution in [0.15, 0.2) is 61.1 Å². The van der Waals surface area contributed by atoms with Gasteiger partial charge in [0.25, 0.3) is 5.91 Å². The van der Waals surface area contributed by atoms with Crippen molar-refractivity contribution in [3.05, 3.63) is 93.7 Å². The zero-order valence-electron chi connectivity index (χ0n) is 16.6. The van der Waals surface area contributed by atoms with E-state index in [1.54, 1.807) is 18.3 Å². The van der Waals surface area contributed by atoms with Gasteiger partial charge < -0.3 is 5.32 Å². The van der Waals surface area contributed by atoms with Gasteiger partial charge in [0.15, 0.2) is 0 Å². The number of fused-ring (bicyclic) bond motifs is 2. The van der Waals surface area contributed by atoms with E-state index < -0.39 is 0 Å². The molecule has 0 radical (unpaired) electrons. The normalized spacial score (nSPS) is 11.2. The number of benzene rings is 2. The minimum absolute atomic E-state index is 0.271. The molecule has 1 amide bonds. The minimum Gasteiger partial charge on any atom is -0.345 e. The number of hydrogen-bond acceptors (Lipinski definition) is 5. The molecule has 0 fully saturated rings. The summed E-state index contributed by atoms with van der Waals surface area (Å²) in [5.41, 5.74) is 4.49. The van der Waals surface area contributed by atoms with Crippen LogP contribution in [-0.4, -0.2) is 31.1 Å². The third-order valence-corrected chi connectivity index (χ3v) is 5.52. The fourth-order valence-electron chi connectivity index (χ4n) is 3.52. The molecule has 7 nitrogen and oxygen atoms in total. The van der Waals surface area contributed by atoms with Gasteiger partial charge in [-0.2, -0.15) is 5.10 Å². The standard InChI is InChI=1S/C23H16Cl2N6O/c24-15-2-4-20-18(8-15)22(31-30-20)11-27-23(32)21-9-17(28-12-29-21)6-13-1-3-19-14(5-13)7-16(25)10-26-19/h1-5,7-10,12H,6,11H2,(H,27,32)(H,30,31). The second-order valence-electron chi connectivity index (χ2n) is 7.30. The van der Waals surface area contributed by atoms with Gasteiger partial charge in [-0.15, -0.1) is 0 Å². The maximum atomic E-state index is 12.7. The second kappa shape index (κ2) is 8.53. The van der Waals surface area contributed by atoms with Crippen LogP contribution in [0.25, 0.3) is 21.8 Å². The highest BCUT2D eigenvalue weighted by molar-refractivity contribution is 6.31. The topological polar surface area (TPSA) is 96.5 Å². The van der Waals surface area contributed by atoms with Gasteiger partial charge in [-0.25, -0.2) is 9.97 Å². The number of nitrogens with one attached hydrogen (secondary N) is 2. The number of pyridine rings is 1. The Hall–Kier alpha value is -3.55. The van der Waals surface area contributed by atoms with E-state index >= 15 is 0 Å². The number of rotatable bonds is 5. The molecule has 0 atom stereocenters. The molecule has 0 unspecified atom stereocenters. The van der Waals surface area contributed by atoms with Gasteiger partial charge in [0.05, 0.1) is 28.3 Å². The van der Waals surface area contributed by atoms with Gasteiger partial charge in [0, 0.05) is 34.1 Å². The number of carbonyl (C=O) groups is 1. The van der Waals surface area contributed by atoms with Crippen molar-refractivity contribution in [3.8, 4) is 0 Å². The van der Waals surface area contributed by atoms with E-state index in [4.69, 9.17) is 23.2 Å². The molecule has 5 aromatic rings. The largest absolute Gasteiger partial charge is 0.345 e. The molecule has 2 N–H and O–H groups in total. The summed E-state index contributed by atoms with van der Waals surface area (Å²) >= 11 is 12.1. The maximum Gasteiger partial charge on any atom is 0.270 e. The van der Waals surface area contributed by atoms with Gasteiger partial charge in [0.1, 0.15) is 12.0 Å².